The molecule has 1 aromatic carbocycles. The fraction of sp³-hybridized carbons (Fsp3) is 0.400. The number of amides is 3. The summed E-state index contributed by atoms with van der Waals surface area (Å²) in [6, 6.07) is 2.83. The number of nitrogens with one attached hydrogen (secondary N) is 2. The summed E-state index contributed by atoms with van der Waals surface area (Å²) in [5, 5.41) is 4.32. The van der Waals surface area contributed by atoms with E-state index < -0.39 is 34.0 Å². The van der Waals surface area contributed by atoms with E-state index in [1.807, 2.05) is 5.32 Å². The summed E-state index contributed by atoms with van der Waals surface area (Å²) in [6.07, 6.45) is -1.30. The molecule has 9 nitrogen and oxygen atoms in total. The van der Waals surface area contributed by atoms with Gasteiger partial charge in [-0.25, -0.2) is 22.3 Å². The van der Waals surface area contributed by atoms with Crippen molar-refractivity contribution < 1.29 is 27.5 Å². The maximum atomic E-state index is 12.2. The SMILES string of the molecule is CCNC(=O)NC(=O)[C@@H](C)OC(=O)c1cc(S(=O)(=O)N(C)C)ccc1Cl. The minimum atomic E-state index is -3.78. The largest absolute Gasteiger partial charge is 0.449 e. The number of imide groups is 1. The molecule has 0 fully saturated rings. The molecular weight excluding hydrogens is 386 g/mol. The van der Waals surface area contributed by atoms with Crippen LogP contribution in [0.25, 0.3) is 0 Å². The van der Waals surface area contributed by atoms with Crippen LogP contribution in [0.4, 0.5) is 4.79 Å². The zero-order valence-corrected chi connectivity index (χ0v) is 16.3. The number of halogens is 1. The molecule has 0 aliphatic heterocycles. The molecule has 0 aliphatic rings. The summed E-state index contributed by atoms with van der Waals surface area (Å²) in [6.45, 7) is 3.25. The van der Waals surface area contributed by atoms with Crippen molar-refractivity contribution in [2.24, 2.45) is 0 Å². The first-order valence-electron chi connectivity index (χ1n) is 7.52. The molecule has 0 saturated carbocycles. The molecular formula is C15H20ClN3O6S. The Morgan fingerprint density at radius 3 is 2.42 bits per heavy atom. The summed E-state index contributed by atoms with van der Waals surface area (Å²) >= 11 is 5.94. The lowest BCUT2D eigenvalue weighted by atomic mass is 10.2. The van der Waals surface area contributed by atoms with Crippen LogP contribution in [0.5, 0.6) is 0 Å². The smallest absolute Gasteiger partial charge is 0.340 e. The number of hydrogen-bond donors (Lipinski definition) is 2. The van der Waals surface area contributed by atoms with Crippen LogP contribution in [0.3, 0.4) is 0 Å². The second-order valence-corrected chi connectivity index (χ2v) is 7.88. The van der Waals surface area contributed by atoms with Gasteiger partial charge in [-0.2, -0.15) is 0 Å². The molecule has 11 heteroatoms. The van der Waals surface area contributed by atoms with Gasteiger partial charge in [-0.05, 0) is 32.0 Å². The Labute approximate surface area is 156 Å². The molecule has 26 heavy (non-hydrogen) atoms. The van der Waals surface area contributed by atoms with Crippen LogP contribution in [0.15, 0.2) is 23.1 Å². The molecule has 1 aromatic rings. The van der Waals surface area contributed by atoms with Crippen LogP contribution in [0.1, 0.15) is 24.2 Å². The first kappa shape index (κ1) is 21.9. The quantitative estimate of drug-likeness (QED) is 0.680. The van der Waals surface area contributed by atoms with E-state index >= 15 is 0 Å². The van der Waals surface area contributed by atoms with E-state index in [2.05, 4.69) is 5.32 Å². The standard InChI is InChI=1S/C15H20ClN3O6S/c1-5-17-15(22)18-13(20)9(2)25-14(21)11-8-10(6-7-12(11)16)26(23,24)19(3)4/h6-9H,5H2,1-4H3,(H2,17,18,20,22)/t9-/m1/s1. The third kappa shape index (κ3) is 5.41. The van der Waals surface area contributed by atoms with Crippen molar-refractivity contribution in [2.75, 3.05) is 20.6 Å². The molecule has 144 valence electrons. The monoisotopic (exact) mass is 405 g/mol. The minimum Gasteiger partial charge on any atom is -0.449 e. The third-order valence-electron chi connectivity index (χ3n) is 3.16. The summed E-state index contributed by atoms with van der Waals surface area (Å²) in [5.41, 5.74) is -0.216. The van der Waals surface area contributed by atoms with Crippen molar-refractivity contribution >= 4 is 39.5 Å². The molecule has 0 radical (unpaired) electrons. The Balaban J connectivity index is 2.97. The van der Waals surface area contributed by atoms with Crippen molar-refractivity contribution in [1.82, 2.24) is 14.9 Å². The van der Waals surface area contributed by atoms with Crippen molar-refractivity contribution in [1.29, 1.82) is 0 Å². The predicted molar refractivity (Wildman–Crippen MR) is 94.4 cm³/mol. The summed E-state index contributed by atoms with van der Waals surface area (Å²) < 4.78 is 30.2. The van der Waals surface area contributed by atoms with Crippen LogP contribution in [-0.2, 0) is 19.6 Å². The molecule has 0 saturated heterocycles. The van der Waals surface area contributed by atoms with E-state index in [4.69, 9.17) is 16.3 Å². The second-order valence-electron chi connectivity index (χ2n) is 5.33. The van der Waals surface area contributed by atoms with E-state index in [-0.39, 0.29) is 15.5 Å². The Morgan fingerprint density at radius 2 is 1.88 bits per heavy atom. The number of urea groups is 1. The topological polar surface area (TPSA) is 122 Å². The maximum absolute atomic E-state index is 12.2. The number of carbonyl (C=O) groups is 3. The highest BCUT2D eigenvalue weighted by Gasteiger charge is 2.25. The van der Waals surface area contributed by atoms with Crippen molar-refractivity contribution in [3.8, 4) is 0 Å². The number of esters is 1. The van der Waals surface area contributed by atoms with E-state index in [9.17, 15) is 22.8 Å². The summed E-state index contributed by atoms with van der Waals surface area (Å²) in [5.74, 6) is -1.83. The molecule has 0 bridgehead atoms. The van der Waals surface area contributed by atoms with Gasteiger partial charge < -0.3 is 10.1 Å². The number of carbonyl (C=O) groups excluding carboxylic acids is 3. The van der Waals surface area contributed by atoms with Gasteiger partial charge >= 0.3 is 12.0 Å². The molecule has 0 aromatic heterocycles. The molecule has 0 heterocycles. The Kier molecular flexibility index (Phi) is 7.54. The molecule has 0 unspecified atom stereocenters. The van der Waals surface area contributed by atoms with E-state index in [1.54, 1.807) is 6.92 Å². The summed E-state index contributed by atoms with van der Waals surface area (Å²) in [7, 11) is -1.10. The lowest BCUT2D eigenvalue weighted by Crippen LogP contribution is -2.44. The minimum absolute atomic E-state index is 0.0379. The molecule has 3 amide bonds. The Bertz CT molecular complexity index is 810. The van der Waals surface area contributed by atoms with Crippen LogP contribution in [-0.4, -0.2) is 57.4 Å². The van der Waals surface area contributed by atoms with Gasteiger partial charge in [0.05, 0.1) is 15.5 Å². The number of benzene rings is 1. The first-order valence-corrected chi connectivity index (χ1v) is 9.34. The van der Waals surface area contributed by atoms with Gasteiger partial charge in [0.15, 0.2) is 6.10 Å². The van der Waals surface area contributed by atoms with E-state index in [1.165, 1.54) is 33.2 Å². The fourth-order valence-electron chi connectivity index (χ4n) is 1.73. The van der Waals surface area contributed by atoms with Crippen molar-refractivity contribution in [3.63, 3.8) is 0 Å². The number of ether oxygens (including phenoxy) is 1. The average molecular weight is 406 g/mol. The van der Waals surface area contributed by atoms with Crippen LogP contribution in [0.2, 0.25) is 5.02 Å². The highest BCUT2D eigenvalue weighted by atomic mass is 35.5. The van der Waals surface area contributed by atoms with Gasteiger partial charge in [0, 0.05) is 20.6 Å². The van der Waals surface area contributed by atoms with Crippen LogP contribution >= 0.6 is 11.6 Å². The molecule has 1 rings (SSSR count). The zero-order valence-electron chi connectivity index (χ0n) is 14.7. The van der Waals surface area contributed by atoms with E-state index in [0.29, 0.717) is 6.54 Å². The third-order valence-corrected chi connectivity index (χ3v) is 5.30. The zero-order chi connectivity index (χ0) is 20.1. The summed E-state index contributed by atoms with van der Waals surface area (Å²) in [4.78, 5) is 35.2. The number of sulfonamides is 1. The van der Waals surface area contributed by atoms with Crippen molar-refractivity contribution in [3.05, 3.63) is 28.8 Å². The van der Waals surface area contributed by atoms with Gasteiger partial charge in [0.1, 0.15) is 0 Å². The first-order chi connectivity index (χ1) is 12.0. The van der Waals surface area contributed by atoms with Crippen molar-refractivity contribution in [2.45, 2.75) is 24.8 Å². The molecule has 0 spiro atoms. The normalized spacial score (nSPS) is 12.4. The lowest BCUT2D eigenvalue weighted by Gasteiger charge is -2.15. The van der Waals surface area contributed by atoms with Gasteiger partial charge in [-0.1, -0.05) is 11.6 Å². The number of hydrogen-bond acceptors (Lipinski definition) is 6. The van der Waals surface area contributed by atoms with E-state index in [0.717, 1.165) is 10.4 Å². The molecule has 1 atom stereocenters. The average Bonchev–Trinajstić information content (AvgIpc) is 2.54. The Hall–Kier alpha value is -2.17. The van der Waals surface area contributed by atoms with Gasteiger partial charge in [0.2, 0.25) is 10.0 Å². The lowest BCUT2D eigenvalue weighted by molar-refractivity contribution is -0.127. The van der Waals surface area contributed by atoms with Crippen LogP contribution in [0, 0.1) is 0 Å². The molecule has 0 aliphatic carbocycles. The predicted octanol–water partition coefficient (Wildman–Crippen LogP) is 0.981. The highest BCUT2D eigenvalue weighted by molar-refractivity contribution is 7.89. The second kappa shape index (κ2) is 8.97. The maximum Gasteiger partial charge on any atom is 0.340 e. The van der Waals surface area contributed by atoms with Gasteiger partial charge in [-0.15, -0.1) is 0 Å². The molecule has 2 N–H and O–H groups in total. The van der Waals surface area contributed by atoms with Gasteiger partial charge in [-0.3, -0.25) is 10.1 Å². The van der Waals surface area contributed by atoms with Crippen LogP contribution < -0.4 is 10.6 Å². The van der Waals surface area contributed by atoms with Gasteiger partial charge in [0.25, 0.3) is 5.91 Å². The fourth-order valence-corrected chi connectivity index (χ4v) is 2.85. The number of nitrogens with zero attached hydrogens (tertiary/aromatic N) is 1. The Morgan fingerprint density at radius 1 is 1.27 bits per heavy atom. The highest BCUT2D eigenvalue weighted by Crippen LogP contribution is 2.23. The number of rotatable bonds is 6.